The van der Waals surface area contributed by atoms with Crippen LogP contribution in [0.25, 0.3) is 0 Å². The van der Waals surface area contributed by atoms with Crippen LogP contribution in [0.2, 0.25) is 0 Å². The standard InChI is InChI=1S/C19H22N2O3/c1-2-20-18(22)17(13-15-9-5-3-6-10-15)21-19(23)24-14-16-11-7-4-8-12-16/h3-12,17H,2,13-14H2,1H3,(H,20,22)(H,21,23)/t17-/m1/s1. The second-order valence-corrected chi connectivity index (χ2v) is 5.34. The molecule has 0 bridgehead atoms. The topological polar surface area (TPSA) is 67.4 Å². The van der Waals surface area contributed by atoms with E-state index in [2.05, 4.69) is 10.6 Å². The number of alkyl carbamates (subject to hydrolysis) is 1. The molecule has 0 aliphatic rings. The van der Waals surface area contributed by atoms with Crippen molar-refractivity contribution in [3.63, 3.8) is 0 Å². The molecule has 0 aliphatic heterocycles. The SMILES string of the molecule is CCNC(=O)[C@@H](Cc1ccccc1)NC(=O)OCc1ccccc1. The lowest BCUT2D eigenvalue weighted by atomic mass is 10.1. The summed E-state index contributed by atoms with van der Waals surface area (Å²) >= 11 is 0. The molecule has 5 nitrogen and oxygen atoms in total. The highest BCUT2D eigenvalue weighted by Crippen LogP contribution is 2.05. The number of hydrogen-bond donors (Lipinski definition) is 2. The predicted molar refractivity (Wildman–Crippen MR) is 92.4 cm³/mol. The minimum absolute atomic E-state index is 0.167. The third kappa shape index (κ3) is 5.76. The molecule has 0 fully saturated rings. The molecule has 0 aromatic heterocycles. The minimum atomic E-state index is -0.671. The summed E-state index contributed by atoms with van der Waals surface area (Å²) in [5, 5.41) is 5.38. The highest BCUT2D eigenvalue weighted by molar-refractivity contribution is 5.85. The molecule has 0 saturated carbocycles. The molecule has 0 heterocycles. The van der Waals surface area contributed by atoms with E-state index in [1.54, 1.807) is 0 Å². The van der Waals surface area contributed by atoms with Crippen LogP contribution >= 0.6 is 0 Å². The number of benzene rings is 2. The van der Waals surface area contributed by atoms with E-state index in [0.717, 1.165) is 11.1 Å². The molecule has 0 radical (unpaired) electrons. The molecule has 0 unspecified atom stereocenters. The summed E-state index contributed by atoms with van der Waals surface area (Å²) in [4.78, 5) is 24.2. The number of carbonyl (C=O) groups excluding carboxylic acids is 2. The maximum absolute atomic E-state index is 12.2. The van der Waals surface area contributed by atoms with Crippen LogP contribution in [0.1, 0.15) is 18.1 Å². The van der Waals surface area contributed by atoms with Gasteiger partial charge < -0.3 is 15.4 Å². The van der Waals surface area contributed by atoms with Gasteiger partial charge in [-0.25, -0.2) is 4.79 Å². The maximum Gasteiger partial charge on any atom is 0.408 e. The average Bonchev–Trinajstić information content (AvgIpc) is 2.61. The zero-order valence-corrected chi connectivity index (χ0v) is 13.7. The first-order valence-electron chi connectivity index (χ1n) is 7.98. The summed E-state index contributed by atoms with van der Waals surface area (Å²) in [6, 6.07) is 18.3. The number of likely N-dealkylation sites (N-methyl/N-ethyl adjacent to an activating group) is 1. The smallest absolute Gasteiger partial charge is 0.408 e. The van der Waals surface area contributed by atoms with Gasteiger partial charge in [-0.2, -0.15) is 0 Å². The van der Waals surface area contributed by atoms with Gasteiger partial charge in [0.2, 0.25) is 5.91 Å². The number of nitrogens with one attached hydrogen (secondary N) is 2. The van der Waals surface area contributed by atoms with Crippen LogP contribution in [0.15, 0.2) is 60.7 Å². The normalized spacial score (nSPS) is 11.4. The molecule has 2 amide bonds. The summed E-state index contributed by atoms with van der Waals surface area (Å²) in [5.74, 6) is -0.224. The summed E-state index contributed by atoms with van der Waals surface area (Å²) < 4.78 is 5.19. The Balaban J connectivity index is 1.93. The van der Waals surface area contributed by atoms with Crippen LogP contribution in [-0.2, 0) is 22.6 Å². The fourth-order valence-corrected chi connectivity index (χ4v) is 2.26. The maximum atomic E-state index is 12.2. The zero-order valence-electron chi connectivity index (χ0n) is 13.7. The lowest BCUT2D eigenvalue weighted by molar-refractivity contribution is -0.122. The second-order valence-electron chi connectivity index (χ2n) is 5.34. The number of hydrogen-bond acceptors (Lipinski definition) is 3. The van der Waals surface area contributed by atoms with Gasteiger partial charge in [-0.1, -0.05) is 60.7 Å². The van der Waals surface area contributed by atoms with E-state index in [0.29, 0.717) is 13.0 Å². The largest absolute Gasteiger partial charge is 0.445 e. The van der Waals surface area contributed by atoms with Crippen LogP contribution in [-0.4, -0.2) is 24.6 Å². The lowest BCUT2D eigenvalue weighted by Gasteiger charge is -2.18. The van der Waals surface area contributed by atoms with Gasteiger partial charge in [0.15, 0.2) is 0 Å². The minimum Gasteiger partial charge on any atom is -0.445 e. The van der Waals surface area contributed by atoms with E-state index in [1.165, 1.54) is 0 Å². The van der Waals surface area contributed by atoms with Crippen molar-refractivity contribution in [2.24, 2.45) is 0 Å². The molecule has 2 rings (SSSR count). The summed E-state index contributed by atoms with van der Waals surface area (Å²) in [6.45, 7) is 2.51. The van der Waals surface area contributed by atoms with E-state index in [4.69, 9.17) is 4.74 Å². The van der Waals surface area contributed by atoms with E-state index in [1.807, 2.05) is 67.6 Å². The number of amides is 2. The van der Waals surface area contributed by atoms with Crippen molar-refractivity contribution in [3.8, 4) is 0 Å². The Morgan fingerprint density at radius 2 is 1.54 bits per heavy atom. The first kappa shape index (κ1) is 17.5. The Kier molecular flexibility index (Phi) is 6.83. The third-order valence-corrected chi connectivity index (χ3v) is 3.45. The number of ether oxygens (including phenoxy) is 1. The highest BCUT2D eigenvalue weighted by atomic mass is 16.5. The molecule has 2 N–H and O–H groups in total. The van der Waals surface area contributed by atoms with Gasteiger partial charge in [-0.3, -0.25) is 4.79 Å². The van der Waals surface area contributed by atoms with Crippen LogP contribution in [0.3, 0.4) is 0 Å². The monoisotopic (exact) mass is 326 g/mol. The van der Waals surface area contributed by atoms with Crippen LogP contribution < -0.4 is 10.6 Å². The van der Waals surface area contributed by atoms with Gasteiger partial charge in [-0.15, -0.1) is 0 Å². The molecular weight excluding hydrogens is 304 g/mol. The fourth-order valence-electron chi connectivity index (χ4n) is 2.26. The molecule has 2 aromatic carbocycles. The third-order valence-electron chi connectivity index (χ3n) is 3.45. The Bertz CT molecular complexity index is 644. The van der Waals surface area contributed by atoms with E-state index in [9.17, 15) is 9.59 Å². The zero-order chi connectivity index (χ0) is 17.2. The van der Waals surface area contributed by atoms with Crippen molar-refractivity contribution >= 4 is 12.0 Å². The molecule has 2 aromatic rings. The predicted octanol–water partition coefficient (Wildman–Crippen LogP) is 2.66. The number of carbonyl (C=O) groups is 2. The van der Waals surface area contributed by atoms with Crippen molar-refractivity contribution in [1.82, 2.24) is 10.6 Å². The van der Waals surface area contributed by atoms with Crippen LogP contribution in [0, 0.1) is 0 Å². The van der Waals surface area contributed by atoms with Crippen molar-refractivity contribution in [3.05, 3.63) is 71.8 Å². The van der Waals surface area contributed by atoms with Crippen molar-refractivity contribution in [2.45, 2.75) is 26.0 Å². The van der Waals surface area contributed by atoms with Gasteiger partial charge in [0.25, 0.3) is 0 Å². The first-order chi connectivity index (χ1) is 11.7. The van der Waals surface area contributed by atoms with E-state index in [-0.39, 0.29) is 12.5 Å². The lowest BCUT2D eigenvalue weighted by Crippen LogP contribution is -2.48. The molecule has 0 spiro atoms. The Morgan fingerprint density at radius 1 is 0.958 bits per heavy atom. The molecule has 5 heteroatoms. The van der Waals surface area contributed by atoms with Crippen LogP contribution in [0.5, 0.6) is 0 Å². The van der Waals surface area contributed by atoms with Crippen LogP contribution in [0.4, 0.5) is 4.79 Å². The highest BCUT2D eigenvalue weighted by Gasteiger charge is 2.21. The van der Waals surface area contributed by atoms with Gasteiger partial charge in [0, 0.05) is 13.0 Å². The first-order valence-corrected chi connectivity index (χ1v) is 7.98. The number of rotatable bonds is 7. The van der Waals surface area contributed by atoms with Gasteiger partial charge in [0.05, 0.1) is 0 Å². The van der Waals surface area contributed by atoms with Crippen molar-refractivity contribution in [2.75, 3.05) is 6.54 Å². The molecular formula is C19H22N2O3. The summed E-state index contributed by atoms with van der Waals surface area (Å²) in [7, 11) is 0. The Labute approximate surface area is 142 Å². The molecule has 0 saturated heterocycles. The molecule has 0 aliphatic carbocycles. The fraction of sp³-hybridized carbons (Fsp3) is 0.263. The second kappa shape index (κ2) is 9.35. The van der Waals surface area contributed by atoms with Gasteiger partial charge in [0.1, 0.15) is 12.6 Å². The summed E-state index contributed by atoms with van der Waals surface area (Å²) in [5.41, 5.74) is 1.86. The molecule has 24 heavy (non-hydrogen) atoms. The van der Waals surface area contributed by atoms with Gasteiger partial charge in [-0.05, 0) is 18.1 Å². The van der Waals surface area contributed by atoms with E-state index >= 15 is 0 Å². The Morgan fingerprint density at radius 3 is 2.12 bits per heavy atom. The van der Waals surface area contributed by atoms with Crippen molar-refractivity contribution < 1.29 is 14.3 Å². The van der Waals surface area contributed by atoms with E-state index < -0.39 is 12.1 Å². The molecule has 1 atom stereocenters. The van der Waals surface area contributed by atoms with Gasteiger partial charge >= 0.3 is 6.09 Å². The quantitative estimate of drug-likeness (QED) is 0.822. The Hall–Kier alpha value is -2.82. The average molecular weight is 326 g/mol. The summed E-state index contributed by atoms with van der Waals surface area (Å²) in [6.07, 6.45) is -0.196. The molecule has 126 valence electrons. The van der Waals surface area contributed by atoms with Crippen molar-refractivity contribution in [1.29, 1.82) is 0 Å².